The maximum Gasteiger partial charge on any atom is 0.0672 e. The minimum absolute atomic E-state index is 0.357. The molecule has 0 saturated carbocycles. The van der Waals surface area contributed by atoms with Crippen LogP contribution in [0.1, 0.15) is 40.2 Å². The predicted octanol–water partition coefficient (Wildman–Crippen LogP) is 9.93. The molecule has 40 heavy (non-hydrogen) atoms. The van der Waals surface area contributed by atoms with E-state index in [2.05, 4.69) is 133 Å². The molecule has 1 aliphatic heterocycles. The third-order valence-corrected chi connectivity index (χ3v) is 8.68. The van der Waals surface area contributed by atoms with Crippen LogP contribution in [-0.4, -0.2) is 5.71 Å². The Kier molecular flexibility index (Phi) is 5.48. The normalized spacial score (nSPS) is 15.3. The molecule has 6 aromatic carbocycles. The summed E-state index contributed by atoms with van der Waals surface area (Å²) in [7, 11) is 0. The summed E-state index contributed by atoms with van der Waals surface area (Å²) >= 11 is 0. The molecule has 0 saturated heterocycles. The van der Waals surface area contributed by atoms with Crippen LogP contribution in [0.3, 0.4) is 0 Å². The van der Waals surface area contributed by atoms with Crippen LogP contribution in [0.2, 0.25) is 0 Å². The van der Waals surface area contributed by atoms with E-state index in [1.165, 1.54) is 66.6 Å². The van der Waals surface area contributed by atoms with Gasteiger partial charge in [-0.05, 0) is 92.7 Å². The van der Waals surface area contributed by atoms with E-state index in [1.807, 2.05) is 0 Å². The van der Waals surface area contributed by atoms with Gasteiger partial charge in [0.25, 0.3) is 0 Å². The first-order valence-corrected chi connectivity index (χ1v) is 14.3. The van der Waals surface area contributed by atoms with Gasteiger partial charge in [0.2, 0.25) is 0 Å². The highest BCUT2D eigenvalue weighted by Crippen LogP contribution is 2.45. The lowest BCUT2D eigenvalue weighted by atomic mass is 9.79. The zero-order valence-corrected chi connectivity index (χ0v) is 22.3. The molecule has 0 amide bonds. The minimum Gasteiger partial charge on any atom is -0.252 e. The highest BCUT2D eigenvalue weighted by atomic mass is 14.8. The smallest absolute Gasteiger partial charge is 0.0672 e. The van der Waals surface area contributed by atoms with Gasteiger partial charge in [0.15, 0.2) is 0 Å². The number of rotatable bonds is 3. The van der Waals surface area contributed by atoms with Crippen molar-refractivity contribution in [3.05, 3.63) is 161 Å². The highest BCUT2D eigenvalue weighted by molar-refractivity contribution is 6.14. The average Bonchev–Trinajstić information content (AvgIpc) is 3.37. The fraction of sp³-hybridized carbons (Fsp3) is 0.103. The summed E-state index contributed by atoms with van der Waals surface area (Å²) in [5.74, 6) is 0.357. The second-order valence-electron chi connectivity index (χ2n) is 11.1. The van der Waals surface area contributed by atoms with Crippen LogP contribution in [0, 0.1) is 0 Å². The van der Waals surface area contributed by atoms with Crippen molar-refractivity contribution in [1.29, 1.82) is 0 Å². The predicted molar refractivity (Wildman–Crippen MR) is 168 cm³/mol. The van der Waals surface area contributed by atoms with Crippen molar-refractivity contribution in [2.75, 3.05) is 0 Å². The second-order valence-corrected chi connectivity index (χ2v) is 11.1. The Bertz CT molecular complexity index is 1930. The zero-order valence-electron chi connectivity index (χ0n) is 22.3. The summed E-state index contributed by atoms with van der Waals surface area (Å²) < 4.78 is 0. The van der Waals surface area contributed by atoms with E-state index in [0.29, 0.717) is 5.92 Å². The lowest BCUT2D eigenvalue weighted by molar-refractivity contribution is 0.776. The van der Waals surface area contributed by atoms with Gasteiger partial charge in [-0.2, -0.15) is 0 Å². The van der Waals surface area contributed by atoms with Gasteiger partial charge in [-0.25, -0.2) is 0 Å². The number of hydrogen-bond donors (Lipinski definition) is 0. The summed E-state index contributed by atoms with van der Waals surface area (Å²) in [5, 5.41) is 2.57. The van der Waals surface area contributed by atoms with Gasteiger partial charge >= 0.3 is 0 Å². The van der Waals surface area contributed by atoms with Gasteiger partial charge in [0.05, 0.1) is 11.4 Å². The molecule has 0 aromatic heterocycles. The maximum absolute atomic E-state index is 5.16. The Morgan fingerprint density at radius 1 is 0.550 bits per heavy atom. The molecular weight excluding hydrogens is 482 g/mol. The molecule has 0 radical (unpaired) electrons. The van der Waals surface area contributed by atoms with Crippen molar-refractivity contribution in [2.24, 2.45) is 4.99 Å². The fourth-order valence-corrected chi connectivity index (χ4v) is 6.66. The second kappa shape index (κ2) is 9.47. The van der Waals surface area contributed by atoms with E-state index in [-0.39, 0.29) is 0 Å². The Labute approximate surface area is 235 Å². The Balaban J connectivity index is 1.20. The van der Waals surface area contributed by atoms with Crippen LogP contribution in [0.25, 0.3) is 33.0 Å². The summed E-state index contributed by atoms with van der Waals surface area (Å²) in [6.07, 6.45) is 3.07. The Morgan fingerprint density at radius 2 is 1.30 bits per heavy atom. The highest BCUT2D eigenvalue weighted by Gasteiger charge is 2.31. The van der Waals surface area contributed by atoms with Gasteiger partial charge in [-0.1, -0.05) is 115 Å². The molecule has 1 atom stereocenters. The number of nitrogens with zero attached hydrogens (tertiary/aromatic N) is 1. The molecule has 1 heterocycles. The topological polar surface area (TPSA) is 12.4 Å². The molecule has 0 N–H and O–H groups in total. The summed E-state index contributed by atoms with van der Waals surface area (Å²) in [5.41, 5.74) is 14.3. The molecule has 6 aromatic rings. The summed E-state index contributed by atoms with van der Waals surface area (Å²) in [6.45, 7) is 0. The Morgan fingerprint density at radius 3 is 2.23 bits per heavy atom. The monoisotopic (exact) mass is 511 g/mol. The van der Waals surface area contributed by atoms with Crippen LogP contribution in [-0.2, 0) is 12.8 Å². The number of fused-ring (bicyclic) bond motifs is 8. The lowest BCUT2D eigenvalue weighted by Gasteiger charge is -2.23. The van der Waals surface area contributed by atoms with Crippen molar-refractivity contribution in [3.63, 3.8) is 0 Å². The first-order valence-electron chi connectivity index (χ1n) is 14.3. The van der Waals surface area contributed by atoms with Crippen molar-refractivity contribution < 1.29 is 0 Å². The quantitative estimate of drug-likeness (QED) is 0.224. The molecule has 2 aliphatic rings. The number of aryl methyl sites for hydroxylation is 1. The van der Waals surface area contributed by atoms with Crippen LogP contribution < -0.4 is 0 Å². The van der Waals surface area contributed by atoms with E-state index in [0.717, 1.165) is 24.9 Å². The van der Waals surface area contributed by atoms with Crippen molar-refractivity contribution in [2.45, 2.75) is 25.2 Å². The van der Waals surface area contributed by atoms with Crippen LogP contribution >= 0.6 is 0 Å². The molecule has 1 heteroatoms. The molecule has 1 aliphatic carbocycles. The third kappa shape index (κ3) is 3.98. The molecular formula is C39H29N. The van der Waals surface area contributed by atoms with Crippen molar-refractivity contribution in [3.8, 4) is 22.3 Å². The van der Waals surface area contributed by atoms with Crippen LogP contribution in [0.4, 0.5) is 5.69 Å². The SMILES string of the molecule is c1ccc(Cc2ccc3ccc(-c4ccc5c(c4)-c4ccccc4C4=Nc6ccccc6C4CC5)cc3c2)cc1. The standard InChI is InChI=1S/C39H29N/c1-2-8-26(9-3-1)22-27-14-15-28-16-18-30(24-32(28)23-27)31-19-17-29-20-21-36-34-11-6-7-13-38(34)40-39(36)35-12-5-4-10-33(35)37(29)25-31/h1-19,23-25,36H,20-22H2. The molecule has 0 spiro atoms. The van der Waals surface area contributed by atoms with Crippen LogP contribution in [0.15, 0.2) is 138 Å². The van der Waals surface area contributed by atoms with Gasteiger partial charge in [-0.3, -0.25) is 4.99 Å². The van der Waals surface area contributed by atoms with E-state index < -0.39 is 0 Å². The molecule has 0 fully saturated rings. The molecule has 1 nitrogen and oxygen atoms in total. The van der Waals surface area contributed by atoms with Crippen molar-refractivity contribution >= 4 is 22.2 Å². The first-order chi connectivity index (χ1) is 19.8. The maximum atomic E-state index is 5.16. The number of para-hydroxylation sites is 1. The molecule has 8 rings (SSSR count). The third-order valence-electron chi connectivity index (χ3n) is 8.68. The van der Waals surface area contributed by atoms with E-state index in [4.69, 9.17) is 4.99 Å². The molecule has 1 unspecified atom stereocenters. The number of hydrogen-bond acceptors (Lipinski definition) is 1. The zero-order chi connectivity index (χ0) is 26.5. The van der Waals surface area contributed by atoms with Gasteiger partial charge in [0, 0.05) is 11.5 Å². The summed E-state index contributed by atoms with van der Waals surface area (Å²) in [6, 6.07) is 49.1. The number of benzene rings is 6. The number of aliphatic imine (C=N–C) groups is 1. The van der Waals surface area contributed by atoms with Gasteiger partial charge < -0.3 is 0 Å². The van der Waals surface area contributed by atoms with Crippen molar-refractivity contribution in [1.82, 2.24) is 0 Å². The Hall–Kier alpha value is -4.75. The minimum atomic E-state index is 0.357. The lowest BCUT2D eigenvalue weighted by Crippen LogP contribution is -2.15. The van der Waals surface area contributed by atoms with Gasteiger partial charge in [-0.15, -0.1) is 0 Å². The molecule has 0 bridgehead atoms. The van der Waals surface area contributed by atoms with E-state index in [9.17, 15) is 0 Å². The van der Waals surface area contributed by atoms with E-state index >= 15 is 0 Å². The van der Waals surface area contributed by atoms with E-state index in [1.54, 1.807) is 0 Å². The van der Waals surface area contributed by atoms with Crippen LogP contribution in [0.5, 0.6) is 0 Å². The average molecular weight is 512 g/mol. The fourth-order valence-electron chi connectivity index (χ4n) is 6.66. The van der Waals surface area contributed by atoms with Gasteiger partial charge in [0.1, 0.15) is 0 Å². The molecule has 190 valence electrons. The summed E-state index contributed by atoms with van der Waals surface area (Å²) in [4.78, 5) is 5.16. The largest absolute Gasteiger partial charge is 0.252 e. The first kappa shape index (κ1) is 23.2.